The fourth-order valence-electron chi connectivity index (χ4n) is 1.63. The molecule has 1 rings (SSSR count). The molecule has 1 aromatic rings. The number of rotatable bonds is 6. The van der Waals surface area contributed by atoms with Gasteiger partial charge in [-0.25, -0.2) is 0 Å². The molecule has 1 unspecified atom stereocenters. The fraction of sp³-hybridized carbons (Fsp3) is 0.538. The molecule has 4 nitrogen and oxygen atoms in total. The van der Waals surface area contributed by atoms with Crippen molar-refractivity contribution < 1.29 is 4.74 Å². The van der Waals surface area contributed by atoms with Gasteiger partial charge in [-0.05, 0) is 40.1 Å². The van der Waals surface area contributed by atoms with E-state index in [1.807, 2.05) is 18.2 Å². The quantitative estimate of drug-likeness (QED) is 0.743. The molecule has 4 heteroatoms. The highest BCUT2D eigenvalue weighted by Gasteiger charge is 2.04. The van der Waals surface area contributed by atoms with Crippen LogP contribution in [0.3, 0.4) is 0 Å². The summed E-state index contributed by atoms with van der Waals surface area (Å²) in [5, 5.41) is 3.43. The Hall–Kier alpha value is -1.42. The zero-order valence-corrected chi connectivity index (χ0v) is 11.2. The molecular formula is C13H23N3O. The number of hydrogen-bond donors (Lipinski definition) is 2. The maximum absolute atomic E-state index is 5.80. The first kappa shape index (κ1) is 13.6. The average Bonchev–Trinajstić information content (AvgIpc) is 2.25. The lowest BCUT2D eigenvalue weighted by Gasteiger charge is -2.18. The molecule has 17 heavy (non-hydrogen) atoms. The van der Waals surface area contributed by atoms with Crippen molar-refractivity contribution in [2.45, 2.75) is 19.4 Å². The molecule has 1 aromatic carbocycles. The number of nitrogens with one attached hydrogen (secondary N) is 1. The highest BCUT2D eigenvalue weighted by atomic mass is 16.5. The van der Waals surface area contributed by atoms with Gasteiger partial charge in [0.25, 0.3) is 0 Å². The van der Waals surface area contributed by atoms with Crippen LogP contribution in [-0.4, -0.2) is 38.7 Å². The van der Waals surface area contributed by atoms with Crippen molar-refractivity contribution in [3.63, 3.8) is 0 Å². The number of methoxy groups -OCH3 is 1. The first-order valence-corrected chi connectivity index (χ1v) is 5.87. The van der Waals surface area contributed by atoms with E-state index < -0.39 is 0 Å². The lowest BCUT2D eigenvalue weighted by molar-refractivity contribution is 0.390. The van der Waals surface area contributed by atoms with Gasteiger partial charge >= 0.3 is 0 Å². The van der Waals surface area contributed by atoms with Crippen LogP contribution >= 0.6 is 0 Å². The van der Waals surface area contributed by atoms with Crippen LogP contribution < -0.4 is 15.8 Å². The van der Waals surface area contributed by atoms with Gasteiger partial charge in [0.1, 0.15) is 5.75 Å². The Balaban J connectivity index is 2.58. The number of nitrogen functional groups attached to an aromatic ring is 1. The third-order valence-corrected chi connectivity index (χ3v) is 2.59. The number of benzene rings is 1. The van der Waals surface area contributed by atoms with Crippen molar-refractivity contribution in [1.29, 1.82) is 0 Å². The van der Waals surface area contributed by atoms with Crippen LogP contribution in [0.1, 0.15) is 13.3 Å². The standard InChI is InChI=1S/C13H23N3O/c1-10(5-6-16(2)3)15-12-7-11(14)8-13(9-12)17-4/h7-10,15H,5-6,14H2,1-4H3. The molecule has 0 aliphatic carbocycles. The molecule has 96 valence electrons. The van der Waals surface area contributed by atoms with E-state index >= 15 is 0 Å². The predicted octanol–water partition coefficient (Wildman–Crippen LogP) is 2.03. The highest BCUT2D eigenvalue weighted by Crippen LogP contribution is 2.22. The van der Waals surface area contributed by atoms with Gasteiger partial charge in [-0.3, -0.25) is 0 Å². The van der Waals surface area contributed by atoms with Crippen LogP contribution in [0.5, 0.6) is 5.75 Å². The van der Waals surface area contributed by atoms with Crippen molar-refractivity contribution in [3.8, 4) is 5.75 Å². The minimum Gasteiger partial charge on any atom is -0.497 e. The van der Waals surface area contributed by atoms with Crippen LogP contribution in [0.15, 0.2) is 18.2 Å². The molecular weight excluding hydrogens is 214 g/mol. The zero-order valence-electron chi connectivity index (χ0n) is 11.2. The van der Waals surface area contributed by atoms with E-state index in [0.29, 0.717) is 11.7 Å². The van der Waals surface area contributed by atoms with Gasteiger partial charge in [-0.2, -0.15) is 0 Å². The second kappa shape index (κ2) is 6.35. The number of nitrogens with zero attached hydrogens (tertiary/aromatic N) is 1. The van der Waals surface area contributed by atoms with E-state index in [4.69, 9.17) is 10.5 Å². The van der Waals surface area contributed by atoms with E-state index in [-0.39, 0.29) is 0 Å². The fourth-order valence-corrected chi connectivity index (χ4v) is 1.63. The molecule has 0 aromatic heterocycles. The maximum atomic E-state index is 5.80. The summed E-state index contributed by atoms with van der Waals surface area (Å²) in [4.78, 5) is 2.18. The molecule has 0 aliphatic heterocycles. The third kappa shape index (κ3) is 4.95. The van der Waals surface area contributed by atoms with Crippen LogP contribution in [0.2, 0.25) is 0 Å². The normalized spacial score (nSPS) is 12.5. The summed E-state index contributed by atoms with van der Waals surface area (Å²) < 4.78 is 5.19. The second-order valence-electron chi connectivity index (χ2n) is 4.63. The van der Waals surface area contributed by atoms with Gasteiger partial charge in [-0.1, -0.05) is 0 Å². The van der Waals surface area contributed by atoms with Crippen LogP contribution in [0.4, 0.5) is 11.4 Å². The summed E-state index contributed by atoms with van der Waals surface area (Å²) in [5.74, 6) is 0.785. The third-order valence-electron chi connectivity index (χ3n) is 2.59. The molecule has 0 spiro atoms. The molecule has 1 atom stereocenters. The van der Waals surface area contributed by atoms with E-state index in [1.54, 1.807) is 7.11 Å². The highest BCUT2D eigenvalue weighted by molar-refractivity contribution is 5.59. The van der Waals surface area contributed by atoms with Crippen LogP contribution in [0.25, 0.3) is 0 Å². The SMILES string of the molecule is COc1cc(N)cc(NC(C)CCN(C)C)c1. The smallest absolute Gasteiger partial charge is 0.122 e. The van der Waals surface area contributed by atoms with E-state index in [0.717, 1.165) is 24.4 Å². The topological polar surface area (TPSA) is 50.5 Å². The summed E-state index contributed by atoms with van der Waals surface area (Å²) in [5.41, 5.74) is 7.53. The Labute approximate surface area is 104 Å². The zero-order chi connectivity index (χ0) is 12.8. The molecule has 0 aliphatic rings. The summed E-state index contributed by atoms with van der Waals surface area (Å²) in [6.07, 6.45) is 1.09. The second-order valence-corrected chi connectivity index (χ2v) is 4.63. The van der Waals surface area contributed by atoms with Gasteiger partial charge < -0.3 is 20.7 Å². The minimum absolute atomic E-state index is 0.406. The Kier molecular flexibility index (Phi) is 5.10. The van der Waals surface area contributed by atoms with Gasteiger partial charge in [0.05, 0.1) is 7.11 Å². The molecule has 0 fully saturated rings. The van der Waals surface area contributed by atoms with Gasteiger partial charge in [0, 0.05) is 29.5 Å². The molecule has 0 amide bonds. The van der Waals surface area contributed by atoms with Crippen molar-refractivity contribution in [3.05, 3.63) is 18.2 Å². The molecule has 0 saturated carbocycles. The number of nitrogens with two attached hydrogens (primary N) is 1. The predicted molar refractivity (Wildman–Crippen MR) is 73.7 cm³/mol. The number of ether oxygens (including phenoxy) is 1. The lowest BCUT2D eigenvalue weighted by atomic mass is 10.2. The van der Waals surface area contributed by atoms with E-state index in [2.05, 4.69) is 31.2 Å². The molecule has 0 heterocycles. The average molecular weight is 237 g/mol. The Morgan fingerprint density at radius 1 is 1.35 bits per heavy atom. The molecule has 3 N–H and O–H groups in total. The summed E-state index contributed by atoms with van der Waals surface area (Å²) >= 11 is 0. The number of anilines is 2. The summed E-state index contributed by atoms with van der Waals surface area (Å²) in [7, 11) is 5.81. The number of hydrogen-bond acceptors (Lipinski definition) is 4. The summed E-state index contributed by atoms with van der Waals surface area (Å²) in [6.45, 7) is 3.23. The maximum Gasteiger partial charge on any atom is 0.122 e. The van der Waals surface area contributed by atoms with E-state index in [9.17, 15) is 0 Å². The van der Waals surface area contributed by atoms with Crippen LogP contribution in [0, 0.1) is 0 Å². The monoisotopic (exact) mass is 237 g/mol. The Morgan fingerprint density at radius 2 is 2.06 bits per heavy atom. The van der Waals surface area contributed by atoms with Crippen molar-refractivity contribution in [2.24, 2.45) is 0 Å². The van der Waals surface area contributed by atoms with Gasteiger partial charge in [0.15, 0.2) is 0 Å². The first-order valence-electron chi connectivity index (χ1n) is 5.87. The van der Waals surface area contributed by atoms with Crippen LogP contribution in [-0.2, 0) is 0 Å². The van der Waals surface area contributed by atoms with Gasteiger partial charge in [-0.15, -0.1) is 0 Å². The Bertz CT molecular complexity index is 353. The molecule has 0 bridgehead atoms. The van der Waals surface area contributed by atoms with Crippen molar-refractivity contribution >= 4 is 11.4 Å². The van der Waals surface area contributed by atoms with Gasteiger partial charge in [0.2, 0.25) is 0 Å². The lowest BCUT2D eigenvalue weighted by Crippen LogP contribution is -2.23. The van der Waals surface area contributed by atoms with E-state index in [1.165, 1.54) is 0 Å². The largest absolute Gasteiger partial charge is 0.497 e. The first-order chi connectivity index (χ1) is 8.01. The minimum atomic E-state index is 0.406. The van der Waals surface area contributed by atoms with Crippen molar-refractivity contribution in [1.82, 2.24) is 4.90 Å². The molecule has 0 radical (unpaired) electrons. The summed E-state index contributed by atoms with van der Waals surface area (Å²) in [6, 6.07) is 6.11. The van der Waals surface area contributed by atoms with Crippen molar-refractivity contribution in [2.75, 3.05) is 38.8 Å². The Morgan fingerprint density at radius 3 is 2.65 bits per heavy atom. The molecule has 0 saturated heterocycles.